The first-order chi connectivity index (χ1) is 9.01. The molecular weight excluding hydrogens is 241 g/mol. The Morgan fingerprint density at radius 1 is 1.21 bits per heavy atom. The second kappa shape index (κ2) is 5.07. The molecule has 0 amide bonds. The molecule has 0 atom stereocenters. The van der Waals surface area contributed by atoms with Gasteiger partial charge in [-0.15, -0.1) is 0 Å². The lowest BCUT2D eigenvalue weighted by atomic mass is 10.1. The third-order valence-electron chi connectivity index (χ3n) is 2.83. The average Bonchev–Trinajstić information content (AvgIpc) is 2.32. The maximum absolute atomic E-state index is 13.8. The molecule has 0 radical (unpaired) electrons. The molecule has 2 aromatic rings. The maximum atomic E-state index is 13.8. The van der Waals surface area contributed by atoms with Crippen molar-refractivity contribution in [2.24, 2.45) is 0 Å². The van der Waals surface area contributed by atoms with Gasteiger partial charge in [0.2, 0.25) is 0 Å². The molecule has 0 bridgehead atoms. The van der Waals surface area contributed by atoms with Crippen LogP contribution in [0.2, 0.25) is 0 Å². The van der Waals surface area contributed by atoms with Crippen molar-refractivity contribution in [2.75, 3.05) is 5.32 Å². The summed E-state index contributed by atoms with van der Waals surface area (Å²) in [5, 5.41) is 12.0. The highest BCUT2D eigenvalue weighted by molar-refractivity contribution is 5.65. The van der Waals surface area contributed by atoms with Crippen molar-refractivity contribution in [1.82, 2.24) is 4.98 Å². The first-order valence-electron chi connectivity index (χ1n) is 5.93. The Kier molecular flexibility index (Phi) is 3.48. The highest BCUT2D eigenvalue weighted by atomic mass is 19.1. The summed E-state index contributed by atoms with van der Waals surface area (Å²) < 4.78 is 13.8. The Bertz CT molecular complexity index is 672. The van der Waals surface area contributed by atoms with Crippen LogP contribution in [-0.4, -0.2) is 4.98 Å². The average molecular weight is 255 g/mol. The van der Waals surface area contributed by atoms with E-state index < -0.39 is 0 Å². The molecule has 0 unspecified atom stereocenters. The topological polar surface area (TPSA) is 48.7 Å². The molecule has 0 saturated carbocycles. The first-order valence-corrected chi connectivity index (χ1v) is 5.93. The van der Waals surface area contributed by atoms with Crippen molar-refractivity contribution in [2.45, 2.75) is 20.8 Å². The van der Waals surface area contributed by atoms with Crippen LogP contribution in [0.25, 0.3) is 0 Å². The lowest BCUT2D eigenvalue weighted by Crippen LogP contribution is -2.02. The SMILES string of the molecule is Cc1ccc(Nc2nc(C)cc(C)c2C#N)c(F)c1. The fourth-order valence-electron chi connectivity index (χ4n) is 1.92. The summed E-state index contributed by atoms with van der Waals surface area (Å²) in [7, 11) is 0. The van der Waals surface area contributed by atoms with Gasteiger partial charge in [-0.2, -0.15) is 5.26 Å². The van der Waals surface area contributed by atoms with E-state index in [9.17, 15) is 4.39 Å². The minimum Gasteiger partial charge on any atom is -0.337 e. The van der Waals surface area contributed by atoms with Crippen LogP contribution in [0.3, 0.4) is 0 Å². The van der Waals surface area contributed by atoms with Crippen molar-refractivity contribution in [1.29, 1.82) is 5.26 Å². The van der Waals surface area contributed by atoms with E-state index in [-0.39, 0.29) is 5.82 Å². The second-order valence-electron chi connectivity index (χ2n) is 4.52. The molecule has 4 heteroatoms. The van der Waals surface area contributed by atoms with Crippen molar-refractivity contribution in [3.05, 3.63) is 52.5 Å². The quantitative estimate of drug-likeness (QED) is 0.888. The number of hydrogen-bond donors (Lipinski definition) is 1. The smallest absolute Gasteiger partial charge is 0.148 e. The molecule has 0 fully saturated rings. The molecule has 2 rings (SSSR count). The van der Waals surface area contributed by atoms with Gasteiger partial charge in [0.05, 0.1) is 11.3 Å². The summed E-state index contributed by atoms with van der Waals surface area (Å²) in [4.78, 5) is 4.26. The zero-order chi connectivity index (χ0) is 14.0. The third kappa shape index (κ3) is 2.71. The fraction of sp³-hybridized carbons (Fsp3) is 0.200. The van der Waals surface area contributed by atoms with Gasteiger partial charge in [-0.05, 0) is 50.1 Å². The van der Waals surface area contributed by atoms with E-state index >= 15 is 0 Å². The molecule has 1 aromatic heterocycles. The van der Waals surface area contributed by atoms with E-state index in [4.69, 9.17) is 5.26 Å². The molecule has 1 N–H and O–H groups in total. The van der Waals surface area contributed by atoms with Gasteiger partial charge in [-0.3, -0.25) is 0 Å². The zero-order valence-electron chi connectivity index (χ0n) is 11.1. The number of hydrogen-bond acceptors (Lipinski definition) is 3. The minimum absolute atomic E-state index is 0.319. The summed E-state index contributed by atoms with van der Waals surface area (Å²) in [6, 6.07) is 8.81. The number of rotatable bonds is 2. The molecule has 0 aliphatic carbocycles. The van der Waals surface area contributed by atoms with Crippen molar-refractivity contribution < 1.29 is 4.39 Å². The summed E-state index contributed by atoms with van der Waals surface area (Å²) in [6.45, 7) is 5.50. The molecular formula is C15H14FN3. The lowest BCUT2D eigenvalue weighted by molar-refractivity contribution is 0.630. The predicted molar refractivity (Wildman–Crippen MR) is 72.8 cm³/mol. The normalized spacial score (nSPS) is 10.1. The third-order valence-corrected chi connectivity index (χ3v) is 2.83. The van der Waals surface area contributed by atoms with E-state index in [1.807, 2.05) is 26.8 Å². The van der Waals surface area contributed by atoms with Gasteiger partial charge in [0.25, 0.3) is 0 Å². The molecule has 0 spiro atoms. The molecule has 1 aromatic carbocycles. The summed E-state index contributed by atoms with van der Waals surface area (Å²) >= 11 is 0. The standard InChI is InChI=1S/C15H14FN3/c1-9-4-5-14(13(16)6-9)19-15-12(8-17)10(2)7-11(3)18-15/h4-7H,1-3H3,(H,18,19). The number of halogens is 1. The molecule has 0 saturated heterocycles. The van der Waals surface area contributed by atoms with Gasteiger partial charge in [0, 0.05) is 5.69 Å². The van der Waals surface area contributed by atoms with Gasteiger partial charge in [0.15, 0.2) is 0 Å². The van der Waals surface area contributed by atoms with Crippen molar-refractivity contribution in [3.63, 3.8) is 0 Å². The Hall–Kier alpha value is -2.41. The van der Waals surface area contributed by atoms with Crippen LogP contribution in [-0.2, 0) is 0 Å². The molecule has 0 aliphatic rings. The molecule has 19 heavy (non-hydrogen) atoms. The van der Waals surface area contributed by atoms with Crippen LogP contribution in [0.15, 0.2) is 24.3 Å². The molecule has 0 aliphatic heterocycles. The molecule has 3 nitrogen and oxygen atoms in total. The van der Waals surface area contributed by atoms with Crippen LogP contribution in [0.1, 0.15) is 22.4 Å². The largest absolute Gasteiger partial charge is 0.337 e. The number of nitrogens with one attached hydrogen (secondary N) is 1. The minimum atomic E-state index is -0.357. The van der Waals surface area contributed by atoms with Gasteiger partial charge < -0.3 is 5.32 Å². The Morgan fingerprint density at radius 3 is 2.58 bits per heavy atom. The van der Waals surface area contributed by atoms with E-state index in [1.165, 1.54) is 6.07 Å². The van der Waals surface area contributed by atoms with Crippen molar-refractivity contribution >= 4 is 11.5 Å². The first kappa shape index (κ1) is 13.0. The van der Waals surface area contributed by atoms with Gasteiger partial charge >= 0.3 is 0 Å². The monoisotopic (exact) mass is 255 g/mol. The van der Waals surface area contributed by atoms with Crippen LogP contribution >= 0.6 is 0 Å². The highest BCUT2D eigenvalue weighted by Gasteiger charge is 2.10. The van der Waals surface area contributed by atoms with Crippen molar-refractivity contribution in [3.8, 4) is 6.07 Å². The highest BCUT2D eigenvalue weighted by Crippen LogP contribution is 2.24. The maximum Gasteiger partial charge on any atom is 0.148 e. The number of anilines is 2. The van der Waals surface area contributed by atoms with Gasteiger partial charge in [-0.25, -0.2) is 9.37 Å². The molecule has 96 valence electrons. The van der Waals surface area contributed by atoms with Crippen LogP contribution in [0, 0.1) is 37.9 Å². The Balaban J connectivity index is 2.46. The number of pyridine rings is 1. The van der Waals surface area contributed by atoms with Crippen LogP contribution in [0.4, 0.5) is 15.9 Å². The van der Waals surface area contributed by atoms with E-state index in [0.29, 0.717) is 17.1 Å². The van der Waals surface area contributed by atoms with Gasteiger partial charge in [0.1, 0.15) is 17.7 Å². The number of nitriles is 1. The number of aromatic nitrogens is 1. The number of aryl methyl sites for hydroxylation is 3. The van der Waals surface area contributed by atoms with Crippen LogP contribution < -0.4 is 5.32 Å². The summed E-state index contributed by atoms with van der Waals surface area (Å²) in [6.07, 6.45) is 0. The second-order valence-corrected chi connectivity index (χ2v) is 4.52. The zero-order valence-corrected chi connectivity index (χ0v) is 11.1. The fourth-order valence-corrected chi connectivity index (χ4v) is 1.92. The summed E-state index contributed by atoms with van der Waals surface area (Å²) in [5.74, 6) is 0.0348. The van der Waals surface area contributed by atoms with E-state index in [0.717, 1.165) is 16.8 Å². The van der Waals surface area contributed by atoms with E-state index in [1.54, 1.807) is 12.1 Å². The number of nitrogens with zero attached hydrogens (tertiary/aromatic N) is 2. The van der Waals surface area contributed by atoms with Crippen LogP contribution in [0.5, 0.6) is 0 Å². The van der Waals surface area contributed by atoms with Gasteiger partial charge in [-0.1, -0.05) is 6.07 Å². The summed E-state index contributed by atoms with van der Waals surface area (Å²) in [5.41, 5.74) is 3.21. The Morgan fingerprint density at radius 2 is 1.95 bits per heavy atom. The van der Waals surface area contributed by atoms with E-state index in [2.05, 4.69) is 16.4 Å². The molecule has 1 heterocycles. The predicted octanol–water partition coefficient (Wildman–Crippen LogP) is 3.76. The lowest BCUT2D eigenvalue weighted by Gasteiger charge is -2.11. The Labute approximate surface area is 111 Å². The number of benzene rings is 1.